The molecular weight excluding hydrogens is 102 g/mol. The van der Waals surface area contributed by atoms with Gasteiger partial charge in [-0.25, -0.2) is 0 Å². The van der Waals surface area contributed by atoms with Crippen LogP contribution < -0.4 is 0 Å². The van der Waals surface area contributed by atoms with Crippen LogP contribution in [-0.2, 0) is 0 Å². The first-order chi connectivity index (χ1) is 3.84. The monoisotopic (exact) mass is 111 g/mol. The Bertz CT molecular complexity index is 120. The minimum absolute atomic E-state index is 0.0231. The number of nitroso groups, excluding NO2 is 1. The molecule has 0 saturated heterocycles. The third kappa shape index (κ3) is 0.782. The Kier molecular flexibility index (Phi) is 1.42. The highest BCUT2D eigenvalue weighted by Gasteiger charge is 2.17. The van der Waals surface area contributed by atoms with Gasteiger partial charge in [0.05, 0.1) is 0 Å². The zero-order chi connectivity index (χ0) is 5.98. The molecule has 0 aromatic rings. The van der Waals surface area contributed by atoms with Crippen LogP contribution >= 0.6 is 0 Å². The van der Waals surface area contributed by atoms with Crippen LogP contribution in [-0.4, -0.2) is 6.04 Å². The van der Waals surface area contributed by atoms with E-state index in [1.54, 1.807) is 0 Å². The Morgan fingerprint density at radius 2 is 2.50 bits per heavy atom. The lowest BCUT2D eigenvalue weighted by atomic mass is 10.1. The van der Waals surface area contributed by atoms with E-state index in [9.17, 15) is 4.91 Å². The van der Waals surface area contributed by atoms with Gasteiger partial charge >= 0.3 is 0 Å². The summed E-state index contributed by atoms with van der Waals surface area (Å²) in [6.07, 6.45) is 4.88. The summed E-state index contributed by atoms with van der Waals surface area (Å²) in [4.78, 5) is 9.93. The maximum atomic E-state index is 9.93. The van der Waals surface area contributed by atoms with Crippen LogP contribution in [0.4, 0.5) is 0 Å². The van der Waals surface area contributed by atoms with Gasteiger partial charge in [0.15, 0.2) is 0 Å². The second kappa shape index (κ2) is 2.07. The van der Waals surface area contributed by atoms with Crippen molar-refractivity contribution in [3.8, 4) is 0 Å². The molecule has 1 aliphatic rings. The molecule has 0 bridgehead atoms. The molecule has 2 atom stereocenters. The van der Waals surface area contributed by atoms with E-state index < -0.39 is 0 Å². The molecule has 8 heavy (non-hydrogen) atoms. The molecule has 0 amide bonds. The average Bonchev–Trinajstić information content (AvgIpc) is 2.14. The highest BCUT2D eigenvalue weighted by molar-refractivity contribution is 5.02. The summed E-state index contributed by atoms with van der Waals surface area (Å²) in [5, 5.41) is 2.96. The van der Waals surface area contributed by atoms with Gasteiger partial charge in [0.2, 0.25) is 0 Å². The first-order valence-corrected chi connectivity index (χ1v) is 2.83. The van der Waals surface area contributed by atoms with Crippen LogP contribution in [0.1, 0.15) is 13.3 Å². The van der Waals surface area contributed by atoms with E-state index >= 15 is 0 Å². The first kappa shape index (κ1) is 5.48. The maximum absolute atomic E-state index is 9.93. The summed E-state index contributed by atoms with van der Waals surface area (Å²) in [6, 6.07) is 0.0231. The Balaban J connectivity index is 2.50. The Morgan fingerprint density at radius 1 is 1.75 bits per heavy atom. The molecule has 1 rings (SSSR count). The SMILES string of the molecule is C[C@H]1C=CC[C@@H]1N=O. The molecule has 0 saturated carbocycles. The van der Waals surface area contributed by atoms with Crippen LogP contribution in [0.2, 0.25) is 0 Å². The normalized spacial score (nSPS) is 35.6. The second-order valence-corrected chi connectivity index (χ2v) is 2.20. The third-order valence-electron chi connectivity index (χ3n) is 1.56. The molecule has 0 aliphatic heterocycles. The third-order valence-corrected chi connectivity index (χ3v) is 1.56. The van der Waals surface area contributed by atoms with Gasteiger partial charge in [-0.3, -0.25) is 0 Å². The van der Waals surface area contributed by atoms with Crippen LogP contribution in [0.15, 0.2) is 17.3 Å². The molecule has 1 aliphatic carbocycles. The van der Waals surface area contributed by atoms with Crippen molar-refractivity contribution >= 4 is 0 Å². The highest BCUT2D eigenvalue weighted by atomic mass is 16.3. The van der Waals surface area contributed by atoms with Crippen LogP contribution in [0.25, 0.3) is 0 Å². The summed E-state index contributed by atoms with van der Waals surface area (Å²) < 4.78 is 0. The standard InChI is InChI=1S/C6H9NO/c1-5-3-2-4-6(5)7-8/h2-3,5-6H,4H2,1H3/t5-,6-/m0/s1. The molecule has 0 spiro atoms. The molecule has 0 radical (unpaired) electrons. The van der Waals surface area contributed by atoms with E-state index in [4.69, 9.17) is 0 Å². The Hall–Kier alpha value is -0.660. The summed E-state index contributed by atoms with van der Waals surface area (Å²) in [6.45, 7) is 2.01. The average molecular weight is 111 g/mol. The van der Waals surface area contributed by atoms with Gasteiger partial charge in [-0.15, -0.1) is 0 Å². The largest absolute Gasteiger partial charge is 0.150 e. The Morgan fingerprint density at radius 3 is 2.75 bits per heavy atom. The lowest BCUT2D eigenvalue weighted by molar-refractivity contribution is 0.577. The van der Waals surface area contributed by atoms with Crippen LogP contribution in [0.5, 0.6) is 0 Å². The number of hydrogen-bond donors (Lipinski definition) is 0. The van der Waals surface area contributed by atoms with Gasteiger partial charge in [0.25, 0.3) is 0 Å². The van der Waals surface area contributed by atoms with E-state index in [2.05, 4.69) is 5.18 Å². The van der Waals surface area contributed by atoms with Gasteiger partial charge in [-0.05, 0) is 6.42 Å². The highest BCUT2D eigenvalue weighted by Crippen LogP contribution is 2.19. The molecular formula is C6H9NO. The number of hydrogen-bond acceptors (Lipinski definition) is 2. The molecule has 0 aromatic carbocycles. The van der Waals surface area contributed by atoms with Crippen molar-refractivity contribution in [2.45, 2.75) is 19.4 Å². The van der Waals surface area contributed by atoms with Gasteiger partial charge in [-0.1, -0.05) is 24.3 Å². The molecule has 44 valence electrons. The van der Waals surface area contributed by atoms with E-state index in [1.165, 1.54) is 0 Å². The maximum Gasteiger partial charge on any atom is 0.101 e. The number of nitrogens with zero attached hydrogens (tertiary/aromatic N) is 1. The molecule has 0 aromatic heterocycles. The summed E-state index contributed by atoms with van der Waals surface area (Å²) >= 11 is 0. The van der Waals surface area contributed by atoms with E-state index in [1.807, 2.05) is 19.1 Å². The number of rotatable bonds is 1. The smallest absolute Gasteiger partial charge is 0.101 e. The van der Waals surface area contributed by atoms with Crippen LogP contribution in [0, 0.1) is 10.8 Å². The van der Waals surface area contributed by atoms with Gasteiger partial charge in [0.1, 0.15) is 6.04 Å². The van der Waals surface area contributed by atoms with Crippen molar-refractivity contribution in [2.75, 3.05) is 0 Å². The topological polar surface area (TPSA) is 29.4 Å². The summed E-state index contributed by atoms with van der Waals surface area (Å²) in [5.41, 5.74) is 0. The quantitative estimate of drug-likeness (QED) is 0.374. The minimum atomic E-state index is 0.0231. The van der Waals surface area contributed by atoms with Gasteiger partial charge in [0, 0.05) is 5.92 Å². The zero-order valence-corrected chi connectivity index (χ0v) is 4.87. The van der Waals surface area contributed by atoms with Crippen molar-refractivity contribution in [3.05, 3.63) is 17.1 Å². The second-order valence-electron chi connectivity index (χ2n) is 2.20. The first-order valence-electron chi connectivity index (χ1n) is 2.83. The Labute approximate surface area is 48.6 Å². The predicted octanol–water partition coefficient (Wildman–Crippen LogP) is 1.72. The van der Waals surface area contributed by atoms with E-state index in [0.29, 0.717) is 5.92 Å². The van der Waals surface area contributed by atoms with Crippen molar-refractivity contribution in [3.63, 3.8) is 0 Å². The van der Waals surface area contributed by atoms with Crippen molar-refractivity contribution in [2.24, 2.45) is 11.1 Å². The van der Waals surface area contributed by atoms with E-state index in [0.717, 1.165) is 6.42 Å². The zero-order valence-electron chi connectivity index (χ0n) is 4.87. The summed E-state index contributed by atoms with van der Waals surface area (Å²) in [5.74, 6) is 0.368. The molecule has 0 fully saturated rings. The molecule has 0 N–H and O–H groups in total. The molecule has 0 unspecified atom stereocenters. The minimum Gasteiger partial charge on any atom is -0.150 e. The van der Waals surface area contributed by atoms with Gasteiger partial charge < -0.3 is 0 Å². The van der Waals surface area contributed by atoms with Gasteiger partial charge in [-0.2, -0.15) is 4.91 Å². The van der Waals surface area contributed by atoms with Crippen molar-refractivity contribution < 1.29 is 0 Å². The lowest BCUT2D eigenvalue weighted by Crippen LogP contribution is -2.05. The fourth-order valence-electron chi connectivity index (χ4n) is 0.915. The summed E-state index contributed by atoms with van der Waals surface area (Å²) in [7, 11) is 0. The fraction of sp³-hybridized carbons (Fsp3) is 0.667. The lowest BCUT2D eigenvalue weighted by Gasteiger charge is -2.02. The van der Waals surface area contributed by atoms with Crippen molar-refractivity contribution in [1.29, 1.82) is 0 Å². The molecule has 2 heteroatoms. The predicted molar refractivity (Wildman–Crippen MR) is 32.5 cm³/mol. The fourth-order valence-corrected chi connectivity index (χ4v) is 0.915. The van der Waals surface area contributed by atoms with Crippen LogP contribution in [0.3, 0.4) is 0 Å². The molecule has 0 heterocycles. The van der Waals surface area contributed by atoms with E-state index in [-0.39, 0.29) is 6.04 Å². The van der Waals surface area contributed by atoms with Crippen molar-refractivity contribution in [1.82, 2.24) is 0 Å². The molecule has 2 nitrogen and oxygen atoms in total.